The molecule has 3 aliphatic rings. The van der Waals surface area contributed by atoms with E-state index in [9.17, 15) is 32.3 Å². The van der Waals surface area contributed by atoms with Crippen molar-refractivity contribution in [2.24, 2.45) is 0 Å². The summed E-state index contributed by atoms with van der Waals surface area (Å²) in [4.78, 5) is 86.5. The second-order valence-electron chi connectivity index (χ2n) is 22.4. The summed E-state index contributed by atoms with van der Waals surface area (Å²) in [6, 6.07) is 20.4. The lowest BCUT2D eigenvalue weighted by Gasteiger charge is -2.35. The Labute approximate surface area is 524 Å². The molecule has 5 amide bonds. The number of morpholine rings is 1. The number of benzene rings is 4. The van der Waals surface area contributed by atoms with E-state index in [1.165, 1.54) is 12.1 Å². The molecule has 27 heteroatoms. The first-order valence-corrected chi connectivity index (χ1v) is 30.6. The van der Waals surface area contributed by atoms with Crippen LogP contribution in [0.1, 0.15) is 45.5 Å². The summed E-state index contributed by atoms with van der Waals surface area (Å²) in [6.45, 7) is 13.6. The van der Waals surface area contributed by atoms with E-state index in [0.717, 1.165) is 69.8 Å². The Morgan fingerprint density at radius 1 is 0.600 bits per heavy atom. The molecule has 0 saturated carbocycles. The third-order valence-corrected chi connectivity index (χ3v) is 15.6. The number of hydroxylamine groups is 1. The Hall–Kier alpha value is -7.60. The third-order valence-electron chi connectivity index (χ3n) is 15.6. The van der Waals surface area contributed by atoms with Gasteiger partial charge in [0.15, 0.2) is 17.5 Å². The van der Waals surface area contributed by atoms with Gasteiger partial charge in [-0.25, -0.2) is 23.4 Å². The van der Waals surface area contributed by atoms with Crippen LogP contribution in [0.25, 0.3) is 11.4 Å². The molecule has 8 rings (SSSR count). The lowest BCUT2D eigenvalue weighted by atomic mass is 10.0. The maximum atomic E-state index is 14.7. The van der Waals surface area contributed by atoms with Gasteiger partial charge in [0.25, 0.3) is 11.8 Å². The Kier molecular flexibility index (Phi) is 26.7. The van der Waals surface area contributed by atoms with Gasteiger partial charge in [0.1, 0.15) is 5.82 Å². The highest BCUT2D eigenvalue weighted by molar-refractivity contribution is 6.01. The summed E-state index contributed by atoms with van der Waals surface area (Å²) in [7, 11) is 8.20. The lowest BCUT2D eigenvalue weighted by Crippen LogP contribution is -2.49. The van der Waals surface area contributed by atoms with E-state index in [4.69, 9.17) is 43.5 Å². The number of piperidine rings is 1. The van der Waals surface area contributed by atoms with E-state index in [1.54, 1.807) is 49.4 Å². The average molecular weight is 1260 g/mol. The van der Waals surface area contributed by atoms with Gasteiger partial charge in [-0.05, 0) is 126 Å². The number of nitrogens with zero attached hydrogens (tertiary/aromatic N) is 10. The number of piperazine rings is 1. The molecule has 0 aliphatic carbocycles. The summed E-state index contributed by atoms with van der Waals surface area (Å²) in [5, 5.41) is 8.21. The van der Waals surface area contributed by atoms with Crippen molar-refractivity contribution in [2.45, 2.75) is 32.2 Å². The van der Waals surface area contributed by atoms with Crippen molar-refractivity contribution in [3.8, 4) is 11.4 Å². The SMILES string of the molecule is Cc1ccc(Nc2c(C(=O)NOCCOCCOCCN(C)CCN(C)CCOCCOCCC(=O)N3CCN(c4nc(-c5ccc(NC(=O)Nc6ccc(C(=O)N7CCC(N(C)C)CC7)cc6)cc5)nc(N5CCOCC5)n4)CC3)ccc(F)c2F)c(F)c1. The molecule has 0 atom stereocenters. The van der Waals surface area contributed by atoms with Crippen LogP contribution in [0, 0.1) is 24.4 Å². The van der Waals surface area contributed by atoms with Crippen molar-refractivity contribution >= 4 is 58.4 Å². The molecule has 24 nitrogen and oxygen atoms in total. The topological polar surface area (TPSA) is 233 Å². The Balaban J connectivity index is 0.646. The predicted octanol–water partition coefficient (Wildman–Crippen LogP) is 5.99. The van der Waals surface area contributed by atoms with Crippen molar-refractivity contribution in [3.63, 3.8) is 0 Å². The maximum absolute atomic E-state index is 14.7. The minimum atomic E-state index is -1.33. The average Bonchev–Trinajstić information content (AvgIpc) is 1.06. The Bertz CT molecular complexity index is 3100. The van der Waals surface area contributed by atoms with Gasteiger partial charge < -0.3 is 73.9 Å². The second-order valence-corrected chi connectivity index (χ2v) is 22.4. The number of hydrogen-bond acceptors (Lipinski definition) is 19. The van der Waals surface area contributed by atoms with E-state index >= 15 is 0 Å². The van der Waals surface area contributed by atoms with Gasteiger partial charge in [-0.15, -0.1) is 0 Å². The molecule has 5 aromatic rings. The quantitative estimate of drug-likeness (QED) is 0.0286. The second kappa shape index (κ2) is 35.1. The normalized spacial score (nSPS) is 14.8. The van der Waals surface area contributed by atoms with Crippen LogP contribution in [-0.2, 0) is 33.3 Å². The molecule has 1 aromatic heterocycles. The number of ether oxygens (including phenoxy) is 5. The van der Waals surface area contributed by atoms with Crippen LogP contribution in [0.2, 0.25) is 0 Å². The van der Waals surface area contributed by atoms with E-state index < -0.39 is 35.1 Å². The number of rotatable bonds is 32. The summed E-state index contributed by atoms with van der Waals surface area (Å²) in [5.74, 6) is -2.52. The first kappa shape index (κ1) is 68.3. The van der Waals surface area contributed by atoms with E-state index in [0.29, 0.717) is 145 Å². The summed E-state index contributed by atoms with van der Waals surface area (Å²) < 4.78 is 71.5. The van der Waals surface area contributed by atoms with Crippen LogP contribution in [-0.4, -0.2) is 249 Å². The molecule has 4 heterocycles. The molecule has 3 saturated heterocycles. The molecular weight excluding hydrogens is 1170 g/mol. The van der Waals surface area contributed by atoms with Crippen molar-refractivity contribution in [3.05, 3.63) is 113 Å². The van der Waals surface area contributed by atoms with Gasteiger partial charge in [0.2, 0.25) is 17.8 Å². The number of aryl methyl sites for hydroxylation is 1. The van der Waals surface area contributed by atoms with Crippen LogP contribution in [0.5, 0.6) is 0 Å². The third kappa shape index (κ3) is 21.0. The van der Waals surface area contributed by atoms with Crippen LogP contribution in [0.15, 0.2) is 78.9 Å². The number of urea groups is 1. The summed E-state index contributed by atoms with van der Waals surface area (Å²) in [5.41, 5.74) is 4.35. The molecule has 0 bridgehead atoms. The Morgan fingerprint density at radius 2 is 1.17 bits per heavy atom. The number of aromatic nitrogens is 3. The number of likely N-dealkylation sites (tertiary alicyclic amines) is 1. The molecule has 3 aliphatic heterocycles. The minimum absolute atomic E-state index is 0.00557. The highest BCUT2D eigenvalue weighted by Crippen LogP contribution is 2.29. The molecule has 3 fully saturated rings. The van der Waals surface area contributed by atoms with Crippen LogP contribution in [0.4, 0.5) is 52.6 Å². The highest BCUT2D eigenvalue weighted by atomic mass is 19.2. The first-order valence-electron chi connectivity index (χ1n) is 30.6. The van der Waals surface area contributed by atoms with Crippen molar-refractivity contribution < 1.29 is 60.9 Å². The number of halogens is 3. The van der Waals surface area contributed by atoms with Crippen molar-refractivity contribution in [1.82, 2.24) is 44.9 Å². The largest absolute Gasteiger partial charge is 0.379 e. The fourth-order valence-corrected chi connectivity index (χ4v) is 10.1. The number of likely N-dealkylation sites (N-methyl/N-ethyl adjacent to an activating group) is 2. The molecule has 488 valence electrons. The molecular formula is C63H85F3N14O10. The zero-order valence-electron chi connectivity index (χ0n) is 52.2. The number of carbonyl (C=O) groups excluding carboxylic acids is 4. The number of carbonyl (C=O) groups is 4. The fourth-order valence-electron chi connectivity index (χ4n) is 10.1. The van der Waals surface area contributed by atoms with Crippen LogP contribution >= 0.6 is 0 Å². The zero-order valence-corrected chi connectivity index (χ0v) is 52.2. The van der Waals surface area contributed by atoms with Crippen molar-refractivity contribution in [2.75, 3.05) is 205 Å². The van der Waals surface area contributed by atoms with Gasteiger partial charge in [-0.1, -0.05) is 6.07 Å². The van der Waals surface area contributed by atoms with Crippen molar-refractivity contribution in [1.29, 1.82) is 0 Å². The first-order chi connectivity index (χ1) is 43.6. The van der Waals surface area contributed by atoms with E-state index in [-0.39, 0.29) is 42.7 Å². The number of anilines is 6. The van der Waals surface area contributed by atoms with E-state index in [2.05, 4.69) is 60.0 Å². The van der Waals surface area contributed by atoms with Gasteiger partial charge in [-0.3, -0.25) is 19.2 Å². The van der Waals surface area contributed by atoms with Gasteiger partial charge >= 0.3 is 6.03 Å². The standard InChI is InChI=1S/C63H85F3N14O10/c1-45-6-17-54(53(65)44-45)69-57-51(15-16-52(64)56(57)66)59(82)73-90-43-42-89-41-40-88-35-30-76(5)24-23-75(4)29-34-87-39-38-85-33-20-55(81)77-25-27-79(28-26-77)61-70-58(71-62(72-61)80-31-36-86-37-32-80)46-7-11-48(12-8-46)67-63(84)68-49-13-9-47(10-14-49)60(83)78-21-18-50(19-22-78)74(2)3/h6-17,44,50,69H,18-43H2,1-5H3,(H,73,82)(H2,67,68,84). The summed E-state index contributed by atoms with van der Waals surface area (Å²) >= 11 is 0. The molecule has 0 unspecified atom stereocenters. The van der Waals surface area contributed by atoms with Gasteiger partial charge in [-0.2, -0.15) is 15.0 Å². The predicted molar refractivity (Wildman–Crippen MR) is 336 cm³/mol. The van der Waals surface area contributed by atoms with Crippen LogP contribution < -0.4 is 31.2 Å². The smallest absolute Gasteiger partial charge is 0.323 e. The fraction of sp³-hybridized carbons (Fsp3) is 0.508. The maximum Gasteiger partial charge on any atom is 0.323 e. The van der Waals surface area contributed by atoms with Crippen LogP contribution in [0.3, 0.4) is 0 Å². The van der Waals surface area contributed by atoms with E-state index in [1.807, 2.05) is 36.0 Å². The number of hydrogen-bond donors (Lipinski definition) is 4. The number of nitrogens with one attached hydrogen (secondary N) is 4. The number of amides is 5. The molecule has 90 heavy (non-hydrogen) atoms. The monoisotopic (exact) mass is 1250 g/mol. The zero-order chi connectivity index (χ0) is 63.8. The molecule has 4 N–H and O–H groups in total. The lowest BCUT2D eigenvalue weighted by molar-refractivity contribution is -0.132. The van der Waals surface area contributed by atoms with Gasteiger partial charge in [0, 0.05) is 107 Å². The Morgan fingerprint density at radius 3 is 1.77 bits per heavy atom. The molecule has 4 aromatic carbocycles. The van der Waals surface area contributed by atoms with Gasteiger partial charge in [0.05, 0.1) is 96.0 Å². The highest BCUT2D eigenvalue weighted by Gasteiger charge is 2.28. The molecule has 0 radical (unpaired) electrons. The summed E-state index contributed by atoms with van der Waals surface area (Å²) in [6.07, 6.45) is 2.15. The molecule has 0 spiro atoms. The minimum Gasteiger partial charge on any atom is -0.379 e.